The van der Waals surface area contributed by atoms with Gasteiger partial charge in [0.1, 0.15) is 0 Å². The third-order valence-electron chi connectivity index (χ3n) is 3.14. The lowest BCUT2D eigenvalue weighted by Crippen LogP contribution is -2.41. The summed E-state index contributed by atoms with van der Waals surface area (Å²) in [4.78, 5) is 24.2. The number of carbonyl (C=O) groups is 2. The molecular weight excluding hydrogens is 251 g/mol. The summed E-state index contributed by atoms with van der Waals surface area (Å²) in [5, 5.41) is 0. The molecule has 0 rings (SSSR count). The zero-order valence-corrected chi connectivity index (χ0v) is 12.5. The van der Waals surface area contributed by atoms with Crippen molar-refractivity contribution in [2.45, 2.75) is 59.8 Å². The Kier molecular flexibility index (Phi) is 11.4. The minimum Gasteiger partial charge on any atom is -0.465 e. The van der Waals surface area contributed by atoms with Crippen LogP contribution in [0.5, 0.6) is 0 Å². The molecule has 0 aliphatic rings. The van der Waals surface area contributed by atoms with Gasteiger partial charge >= 0.3 is 11.9 Å². The molecule has 0 spiro atoms. The summed E-state index contributed by atoms with van der Waals surface area (Å²) in [7, 11) is 0. The molecular formula is C14H27FO4. The average Bonchev–Trinajstić information content (AvgIpc) is 2.35. The van der Waals surface area contributed by atoms with E-state index in [1.807, 2.05) is 6.92 Å². The van der Waals surface area contributed by atoms with E-state index in [4.69, 9.17) is 9.47 Å². The summed E-state index contributed by atoms with van der Waals surface area (Å²) >= 11 is 0. The second kappa shape index (κ2) is 10.8. The summed E-state index contributed by atoms with van der Waals surface area (Å²) in [6.07, 6.45) is 3.82. The first-order valence-electron chi connectivity index (χ1n) is 6.93. The fourth-order valence-corrected chi connectivity index (χ4v) is 1.97. The third-order valence-corrected chi connectivity index (χ3v) is 3.14. The van der Waals surface area contributed by atoms with Crippen LogP contribution in [0.1, 0.15) is 59.8 Å². The van der Waals surface area contributed by atoms with Crippen LogP contribution in [0.25, 0.3) is 0 Å². The Morgan fingerprint density at radius 1 is 0.895 bits per heavy atom. The molecule has 0 aliphatic heterocycles. The van der Waals surface area contributed by atoms with Crippen molar-refractivity contribution in [3.8, 4) is 0 Å². The molecule has 0 unspecified atom stereocenters. The highest BCUT2D eigenvalue weighted by atomic mass is 19.0. The smallest absolute Gasteiger partial charge is 0.323 e. The Morgan fingerprint density at radius 3 is 1.68 bits per heavy atom. The normalized spacial score (nSPS) is 10.5. The van der Waals surface area contributed by atoms with Crippen molar-refractivity contribution in [2.24, 2.45) is 5.41 Å². The minimum absolute atomic E-state index is 0. The molecule has 0 aliphatic carbocycles. The lowest BCUT2D eigenvalue weighted by Gasteiger charge is -2.27. The second-order valence-electron chi connectivity index (χ2n) is 4.33. The number of esters is 2. The van der Waals surface area contributed by atoms with Crippen molar-refractivity contribution >= 4 is 11.9 Å². The van der Waals surface area contributed by atoms with Gasteiger partial charge in [0, 0.05) is 0 Å². The van der Waals surface area contributed by atoms with Crippen molar-refractivity contribution in [1.82, 2.24) is 0 Å². The molecule has 0 fully saturated rings. The van der Waals surface area contributed by atoms with Crippen LogP contribution in [0.2, 0.25) is 0 Å². The van der Waals surface area contributed by atoms with Gasteiger partial charge in [0.2, 0.25) is 0 Å². The predicted molar refractivity (Wildman–Crippen MR) is 72.6 cm³/mol. The highest BCUT2D eigenvalue weighted by molar-refractivity contribution is 6.00. The lowest BCUT2D eigenvalue weighted by atomic mass is 9.80. The zero-order chi connectivity index (χ0) is 14.0. The van der Waals surface area contributed by atoms with Crippen LogP contribution in [0.3, 0.4) is 0 Å². The van der Waals surface area contributed by atoms with Crippen LogP contribution in [0.15, 0.2) is 0 Å². The van der Waals surface area contributed by atoms with Gasteiger partial charge < -0.3 is 9.47 Å². The van der Waals surface area contributed by atoms with Gasteiger partial charge in [-0.05, 0) is 26.7 Å². The van der Waals surface area contributed by atoms with Gasteiger partial charge in [-0.2, -0.15) is 0 Å². The molecule has 0 bridgehead atoms. The Balaban J connectivity index is 0. The molecule has 0 aromatic rings. The van der Waals surface area contributed by atoms with E-state index in [2.05, 4.69) is 6.92 Å². The largest absolute Gasteiger partial charge is 0.465 e. The Bertz CT molecular complexity index is 248. The Morgan fingerprint density at radius 2 is 1.37 bits per heavy atom. The number of hydrogen-bond donors (Lipinski definition) is 0. The molecule has 4 nitrogen and oxygen atoms in total. The van der Waals surface area contributed by atoms with Crippen LogP contribution >= 0.6 is 0 Å². The fraction of sp³-hybridized carbons (Fsp3) is 0.857. The van der Waals surface area contributed by atoms with Crippen LogP contribution < -0.4 is 0 Å². The topological polar surface area (TPSA) is 52.6 Å². The maximum atomic E-state index is 12.1. The average molecular weight is 278 g/mol. The number of ether oxygens (including phenoxy) is 2. The molecule has 0 atom stereocenters. The van der Waals surface area contributed by atoms with Crippen LogP contribution in [-0.4, -0.2) is 25.2 Å². The first-order valence-corrected chi connectivity index (χ1v) is 6.93. The number of carbonyl (C=O) groups excluding carboxylic acids is 2. The molecule has 5 heteroatoms. The van der Waals surface area contributed by atoms with Crippen LogP contribution in [0.4, 0.5) is 4.70 Å². The van der Waals surface area contributed by atoms with E-state index < -0.39 is 17.4 Å². The van der Waals surface area contributed by atoms with E-state index in [0.29, 0.717) is 12.8 Å². The number of hydrogen-bond acceptors (Lipinski definition) is 4. The molecule has 0 heterocycles. The summed E-state index contributed by atoms with van der Waals surface area (Å²) in [5.41, 5.74) is -1.11. The number of unbranched alkanes of at least 4 members (excludes halogenated alkanes) is 2. The van der Waals surface area contributed by atoms with Gasteiger partial charge in [0.25, 0.3) is 0 Å². The van der Waals surface area contributed by atoms with Gasteiger partial charge in [0.15, 0.2) is 5.41 Å². The second-order valence-corrected chi connectivity index (χ2v) is 4.33. The summed E-state index contributed by atoms with van der Waals surface area (Å²) < 4.78 is 10.1. The van der Waals surface area contributed by atoms with Crippen LogP contribution in [0, 0.1) is 5.41 Å². The van der Waals surface area contributed by atoms with E-state index >= 15 is 0 Å². The third kappa shape index (κ3) is 5.57. The SMILES string of the molecule is CCCCCC(CC)(C(=O)OCC)C(=O)OCC.F. The first-order chi connectivity index (χ1) is 8.58. The summed E-state index contributed by atoms with van der Waals surface area (Å²) in [6.45, 7) is 7.98. The number of rotatable bonds is 9. The zero-order valence-electron chi connectivity index (χ0n) is 12.5. The molecule has 114 valence electrons. The van der Waals surface area contributed by atoms with Gasteiger partial charge in [-0.3, -0.25) is 14.3 Å². The van der Waals surface area contributed by atoms with Gasteiger partial charge in [-0.1, -0.05) is 33.1 Å². The first kappa shape index (κ1) is 20.2. The van der Waals surface area contributed by atoms with E-state index in [-0.39, 0.29) is 17.9 Å². The Labute approximate surface area is 115 Å². The standard InChI is InChI=1S/C14H26O4.FH/c1-5-9-10-11-14(6-2,12(15)17-7-3)13(16)18-8-4;/h5-11H2,1-4H3;1H. The maximum absolute atomic E-state index is 12.1. The molecule has 0 saturated heterocycles. The molecule has 0 aromatic carbocycles. The predicted octanol–water partition coefficient (Wildman–Crippen LogP) is 3.24. The fourth-order valence-electron chi connectivity index (χ4n) is 1.97. The molecule has 0 N–H and O–H groups in total. The highest BCUT2D eigenvalue weighted by Crippen LogP contribution is 2.32. The molecule has 0 radical (unpaired) electrons. The van der Waals surface area contributed by atoms with E-state index in [0.717, 1.165) is 19.3 Å². The van der Waals surface area contributed by atoms with Crippen molar-refractivity contribution < 1.29 is 23.8 Å². The van der Waals surface area contributed by atoms with Crippen molar-refractivity contribution in [3.05, 3.63) is 0 Å². The van der Waals surface area contributed by atoms with Gasteiger partial charge in [-0.25, -0.2) is 0 Å². The van der Waals surface area contributed by atoms with Gasteiger partial charge in [0.05, 0.1) is 13.2 Å². The van der Waals surface area contributed by atoms with E-state index in [1.165, 1.54) is 0 Å². The van der Waals surface area contributed by atoms with Crippen molar-refractivity contribution in [2.75, 3.05) is 13.2 Å². The molecule has 0 saturated carbocycles. The number of halogens is 1. The molecule has 19 heavy (non-hydrogen) atoms. The monoisotopic (exact) mass is 278 g/mol. The quantitative estimate of drug-likeness (QED) is 0.369. The van der Waals surface area contributed by atoms with Crippen LogP contribution in [-0.2, 0) is 19.1 Å². The van der Waals surface area contributed by atoms with Crippen molar-refractivity contribution in [1.29, 1.82) is 0 Å². The summed E-state index contributed by atoms with van der Waals surface area (Å²) in [6, 6.07) is 0. The summed E-state index contributed by atoms with van der Waals surface area (Å²) in [5.74, 6) is -0.885. The lowest BCUT2D eigenvalue weighted by molar-refractivity contribution is -0.173. The highest BCUT2D eigenvalue weighted by Gasteiger charge is 2.46. The maximum Gasteiger partial charge on any atom is 0.323 e. The van der Waals surface area contributed by atoms with Crippen molar-refractivity contribution in [3.63, 3.8) is 0 Å². The Hall–Kier alpha value is -1.13. The van der Waals surface area contributed by atoms with Gasteiger partial charge in [-0.15, -0.1) is 0 Å². The van der Waals surface area contributed by atoms with E-state index in [9.17, 15) is 9.59 Å². The minimum atomic E-state index is -1.11. The molecule has 0 amide bonds. The van der Waals surface area contributed by atoms with E-state index in [1.54, 1.807) is 13.8 Å². The molecule has 0 aromatic heterocycles.